The second-order valence-corrected chi connectivity index (χ2v) is 10.5. The van der Waals surface area contributed by atoms with E-state index in [-0.39, 0.29) is 18.3 Å². The van der Waals surface area contributed by atoms with Gasteiger partial charge in [0.1, 0.15) is 5.75 Å². The lowest BCUT2D eigenvalue weighted by Crippen LogP contribution is -2.43. The van der Waals surface area contributed by atoms with Gasteiger partial charge in [0, 0.05) is 48.3 Å². The highest BCUT2D eigenvalue weighted by atomic mass is 35.5. The van der Waals surface area contributed by atoms with Crippen molar-refractivity contribution >= 4 is 68.4 Å². The monoisotopic (exact) mass is 541 g/mol. The van der Waals surface area contributed by atoms with Crippen molar-refractivity contribution in [3.63, 3.8) is 0 Å². The summed E-state index contributed by atoms with van der Waals surface area (Å²) in [6, 6.07) is 11.8. The van der Waals surface area contributed by atoms with Gasteiger partial charge in [-0.05, 0) is 48.9 Å². The molecule has 1 aliphatic heterocycles. The zero-order chi connectivity index (χ0) is 23.2. The fourth-order valence-corrected chi connectivity index (χ4v) is 6.02. The molecular weight excluding hydrogens is 513 g/mol. The number of anilines is 1. The van der Waals surface area contributed by atoms with Crippen LogP contribution in [0.2, 0.25) is 5.02 Å². The molecule has 1 aliphatic rings. The number of carbonyl (C=O) groups is 1. The first-order chi connectivity index (χ1) is 16.0. The predicted octanol–water partition coefficient (Wildman–Crippen LogP) is 5.54. The zero-order valence-corrected chi connectivity index (χ0v) is 22.5. The number of ether oxygens (including phenoxy) is 2. The number of fused-ring (bicyclic) bond motifs is 1. The molecule has 4 rings (SSSR count). The van der Waals surface area contributed by atoms with Crippen LogP contribution in [-0.2, 0) is 9.53 Å². The van der Waals surface area contributed by atoms with E-state index in [4.69, 9.17) is 26.1 Å². The molecule has 1 amide bonds. The van der Waals surface area contributed by atoms with Crippen molar-refractivity contribution in [1.29, 1.82) is 0 Å². The van der Waals surface area contributed by atoms with Crippen LogP contribution in [0.3, 0.4) is 0 Å². The van der Waals surface area contributed by atoms with Gasteiger partial charge in [0.25, 0.3) is 0 Å². The van der Waals surface area contributed by atoms with E-state index in [1.807, 2.05) is 48.2 Å². The molecule has 3 aromatic rings. The molecule has 1 fully saturated rings. The van der Waals surface area contributed by atoms with Crippen LogP contribution in [0.5, 0.6) is 5.75 Å². The largest absolute Gasteiger partial charge is 0.497 e. The van der Waals surface area contributed by atoms with E-state index in [1.54, 1.807) is 18.9 Å². The van der Waals surface area contributed by atoms with Crippen molar-refractivity contribution in [3.05, 3.63) is 47.0 Å². The van der Waals surface area contributed by atoms with Crippen molar-refractivity contribution < 1.29 is 14.3 Å². The summed E-state index contributed by atoms with van der Waals surface area (Å²) in [6.45, 7) is 6.68. The molecule has 0 bridgehead atoms. The number of nitrogens with zero attached hydrogens (tertiary/aromatic N) is 3. The maximum Gasteiger partial charge on any atom is 0.229 e. The summed E-state index contributed by atoms with van der Waals surface area (Å²) in [4.78, 5) is 23.5. The Bertz CT molecular complexity index is 1090. The third-order valence-corrected chi connectivity index (χ3v) is 7.82. The fourth-order valence-electron chi connectivity index (χ4n) is 3.71. The first-order valence-corrected chi connectivity index (χ1v) is 13.2. The number of thiazole rings is 1. The summed E-state index contributed by atoms with van der Waals surface area (Å²) in [6.07, 6.45) is 0.440. The van der Waals surface area contributed by atoms with Gasteiger partial charge in [-0.25, -0.2) is 4.98 Å². The molecule has 2 heterocycles. The van der Waals surface area contributed by atoms with E-state index in [2.05, 4.69) is 4.90 Å². The highest BCUT2D eigenvalue weighted by Gasteiger charge is 2.22. The van der Waals surface area contributed by atoms with E-state index in [9.17, 15) is 4.79 Å². The fraction of sp³-hybridized carbons (Fsp3) is 0.417. The number of thioether (sulfide) groups is 1. The maximum absolute atomic E-state index is 13.3. The second kappa shape index (κ2) is 13.0. The van der Waals surface area contributed by atoms with Gasteiger partial charge in [-0.2, -0.15) is 0 Å². The van der Waals surface area contributed by atoms with Crippen LogP contribution in [0, 0.1) is 6.92 Å². The molecule has 0 atom stereocenters. The topological polar surface area (TPSA) is 54.9 Å². The minimum atomic E-state index is 0. The highest BCUT2D eigenvalue weighted by molar-refractivity contribution is 7.99. The molecule has 0 saturated carbocycles. The van der Waals surface area contributed by atoms with Crippen LogP contribution in [0.15, 0.2) is 41.3 Å². The maximum atomic E-state index is 13.3. The lowest BCUT2D eigenvalue weighted by Gasteiger charge is -2.29. The average molecular weight is 543 g/mol. The molecular formula is C24H29Cl2N3O3S2. The molecule has 0 unspecified atom stereocenters. The van der Waals surface area contributed by atoms with Gasteiger partial charge in [-0.1, -0.05) is 22.9 Å². The van der Waals surface area contributed by atoms with Crippen molar-refractivity contribution in [1.82, 2.24) is 9.88 Å². The van der Waals surface area contributed by atoms with Crippen LogP contribution in [0.25, 0.3) is 10.2 Å². The number of rotatable bonds is 9. The van der Waals surface area contributed by atoms with Gasteiger partial charge >= 0.3 is 0 Å². The molecule has 1 aromatic heterocycles. The normalized spacial score (nSPS) is 14.1. The SMILES string of the molecule is COc1ccc(SCCC(=O)N(CCN2CCOCC2)c2nc3c(C)cc(Cl)cc3s2)cc1.Cl. The molecule has 0 spiro atoms. The average Bonchev–Trinajstić information content (AvgIpc) is 3.24. The molecule has 0 aliphatic carbocycles. The van der Waals surface area contributed by atoms with Gasteiger partial charge < -0.3 is 9.47 Å². The van der Waals surface area contributed by atoms with Crippen molar-refractivity contribution in [3.8, 4) is 5.75 Å². The third-order valence-electron chi connectivity index (χ3n) is 5.56. The Balaban J connectivity index is 0.00000324. The minimum Gasteiger partial charge on any atom is -0.497 e. The number of aromatic nitrogens is 1. The molecule has 0 radical (unpaired) electrons. The quantitative estimate of drug-likeness (QED) is 0.331. The number of benzene rings is 2. The first-order valence-electron chi connectivity index (χ1n) is 11.0. The number of hydrogen-bond acceptors (Lipinski definition) is 7. The van der Waals surface area contributed by atoms with Gasteiger partial charge in [-0.3, -0.25) is 14.6 Å². The number of hydrogen-bond donors (Lipinski definition) is 0. The zero-order valence-electron chi connectivity index (χ0n) is 19.3. The van der Waals surface area contributed by atoms with Crippen LogP contribution in [0.1, 0.15) is 12.0 Å². The lowest BCUT2D eigenvalue weighted by molar-refractivity contribution is -0.118. The summed E-state index contributed by atoms with van der Waals surface area (Å²) in [7, 11) is 1.66. The molecule has 6 nitrogen and oxygen atoms in total. The number of methoxy groups -OCH3 is 1. The van der Waals surface area contributed by atoms with Gasteiger partial charge in [0.2, 0.25) is 5.91 Å². The van der Waals surface area contributed by atoms with Crippen LogP contribution in [-0.4, -0.2) is 68.0 Å². The molecule has 34 heavy (non-hydrogen) atoms. The van der Waals surface area contributed by atoms with E-state index in [0.29, 0.717) is 23.7 Å². The number of halogens is 2. The lowest BCUT2D eigenvalue weighted by atomic mass is 10.2. The number of amides is 1. The molecule has 10 heteroatoms. The summed E-state index contributed by atoms with van der Waals surface area (Å²) >= 11 is 9.45. The number of aryl methyl sites for hydroxylation is 1. The van der Waals surface area contributed by atoms with Crippen LogP contribution < -0.4 is 9.64 Å². The first kappa shape index (κ1) is 27.0. The van der Waals surface area contributed by atoms with E-state index in [1.165, 1.54) is 11.3 Å². The minimum absolute atomic E-state index is 0. The van der Waals surface area contributed by atoms with E-state index in [0.717, 1.165) is 64.4 Å². The number of carbonyl (C=O) groups excluding carboxylic acids is 1. The summed E-state index contributed by atoms with van der Waals surface area (Å²) < 4.78 is 11.7. The van der Waals surface area contributed by atoms with Crippen molar-refractivity contribution in [2.24, 2.45) is 0 Å². The standard InChI is InChI=1S/C24H28ClN3O3S2.ClH/c1-17-15-18(25)16-21-23(17)26-24(33-21)28(9-8-27-10-12-31-13-11-27)22(29)7-14-32-20-5-3-19(30-2)4-6-20;/h3-6,15-16H,7-14H2,1-2H3;1H. The summed E-state index contributed by atoms with van der Waals surface area (Å²) in [5.41, 5.74) is 1.94. The number of morpholine rings is 1. The molecule has 2 aromatic carbocycles. The van der Waals surface area contributed by atoms with Gasteiger partial charge in [0.05, 0.1) is 30.5 Å². The Morgan fingerprint density at radius 2 is 2.00 bits per heavy atom. The van der Waals surface area contributed by atoms with Crippen molar-refractivity contribution in [2.45, 2.75) is 18.2 Å². The van der Waals surface area contributed by atoms with Gasteiger partial charge in [0.15, 0.2) is 5.13 Å². The Kier molecular flexibility index (Phi) is 10.3. The Labute approximate surface area is 220 Å². The molecule has 184 valence electrons. The Hall–Kier alpha value is -1.55. The molecule has 1 saturated heterocycles. The summed E-state index contributed by atoms with van der Waals surface area (Å²) in [5, 5.41) is 1.43. The third kappa shape index (κ3) is 6.99. The van der Waals surface area contributed by atoms with Crippen molar-refractivity contribution in [2.75, 3.05) is 57.2 Å². The Morgan fingerprint density at radius 1 is 1.26 bits per heavy atom. The van der Waals surface area contributed by atoms with Gasteiger partial charge in [-0.15, -0.1) is 24.2 Å². The smallest absolute Gasteiger partial charge is 0.229 e. The van der Waals surface area contributed by atoms with Crippen LogP contribution >= 0.6 is 47.1 Å². The summed E-state index contributed by atoms with van der Waals surface area (Å²) in [5.74, 6) is 1.62. The van der Waals surface area contributed by atoms with Crippen LogP contribution in [0.4, 0.5) is 5.13 Å². The highest BCUT2D eigenvalue weighted by Crippen LogP contribution is 2.33. The molecule has 0 N–H and O–H groups in total. The Morgan fingerprint density at radius 3 is 2.71 bits per heavy atom. The van der Waals surface area contributed by atoms with E-state index < -0.39 is 0 Å². The predicted molar refractivity (Wildman–Crippen MR) is 145 cm³/mol. The van der Waals surface area contributed by atoms with E-state index >= 15 is 0 Å². The second-order valence-electron chi connectivity index (χ2n) is 7.84.